The minimum atomic E-state index is -0.572. The quantitative estimate of drug-likeness (QED) is 0.240. The molecule has 6 rings (SSSR count). The van der Waals surface area contributed by atoms with Gasteiger partial charge in [-0.15, -0.1) is 0 Å². The van der Waals surface area contributed by atoms with Gasteiger partial charge in [-0.25, -0.2) is 9.97 Å². The normalized spacial score (nSPS) is 14.8. The molecule has 1 fully saturated rings. The monoisotopic (exact) mass is 499 g/mol. The second-order valence-corrected chi connectivity index (χ2v) is 10.1. The maximum absolute atomic E-state index is 12.5. The van der Waals surface area contributed by atoms with Gasteiger partial charge in [0.1, 0.15) is 17.6 Å². The summed E-state index contributed by atoms with van der Waals surface area (Å²) >= 11 is 0. The van der Waals surface area contributed by atoms with Crippen LogP contribution in [0, 0.1) is 5.41 Å². The Balaban J connectivity index is 1.60. The summed E-state index contributed by atoms with van der Waals surface area (Å²) < 4.78 is 2.23. The number of carbonyl (C=O) groups is 1. The molecule has 6 heteroatoms. The van der Waals surface area contributed by atoms with Crippen molar-refractivity contribution in [3.63, 3.8) is 0 Å². The first-order valence-electron chi connectivity index (χ1n) is 13.0. The molecule has 188 valence electrons. The first-order valence-corrected chi connectivity index (χ1v) is 13.0. The minimum Gasteiger partial charge on any atom is -0.334 e. The lowest BCUT2D eigenvalue weighted by atomic mass is 9.90. The molecule has 2 unspecified atom stereocenters. The van der Waals surface area contributed by atoms with Crippen LogP contribution in [0.5, 0.6) is 0 Å². The van der Waals surface area contributed by atoms with E-state index in [1.807, 2.05) is 61.1 Å². The van der Waals surface area contributed by atoms with Crippen LogP contribution >= 0.6 is 0 Å². The number of Topliss-reactive ketones (excluding diaryl/α,β-unsaturated/α-hetero) is 1. The molecule has 0 saturated heterocycles. The maximum Gasteiger partial charge on any atom is 0.142 e. The summed E-state index contributed by atoms with van der Waals surface area (Å²) in [5.74, 6) is 0.801. The first-order chi connectivity index (χ1) is 18.5. The number of nitrogens with one attached hydrogen (secondary N) is 1. The number of aromatic nitrogens is 4. The van der Waals surface area contributed by atoms with E-state index in [1.165, 1.54) is 0 Å². The lowest BCUT2D eigenvalue weighted by molar-refractivity contribution is -0.117. The Bertz CT molecular complexity index is 1570. The average molecular weight is 500 g/mol. The van der Waals surface area contributed by atoms with Gasteiger partial charge in [-0.05, 0) is 56.0 Å². The Morgan fingerprint density at radius 2 is 1.66 bits per heavy atom. The van der Waals surface area contributed by atoms with E-state index in [-0.39, 0.29) is 11.8 Å². The van der Waals surface area contributed by atoms with Crippen LogP contribution in [0.3, 0.4) is 0 Å². The largest absolute Gasteiger partial charge is 0.334 e. The van der Waals surface area contributed by atoms with E-state index >= 15 is 0 Å². The van der Waals surface area contributed by atoms with Crippen LogP contribution in [0.1, 0.15) is 67.2 Å². The van der Waals surface area contributed by atoms with Crippen molar-refractivity contribution in [3.8, 4) is 11.1 Å². The number of hydrogen-bond acceptors (Lipinski definition) is 5. The molecule has 1 aliphatic carbocycles. The number of carbonyl (C=O) groups excluding carboxylic acids is 1. The molecule has 0 radical (unpaired) electrons. The van der Waals surface area contributed by atoms with Crippen molar-refractivity contribution >= 4 is 22.4 Å². The smallest absolute Gasteiger partial charge is 0.142 e. The predicted molar refractivity (Wildman–Crippen MR) is 150 cm³/mol. The van der Waals surface area contributed by atoms with Gasteiger partial charge in [0.05, 0.1) is 11.6 Å². The van der Waals surface area contributed by atoms with Gasteiger partial charge in [0.25, 0.3) is 0 Å². The van der Waals surface area contributed by atoms with Crippen molar-refractivity contribution in [3.05, 3.63) is 114 Å². The van der Waals surface area contributed by atoms with Crippen molar-refractivity contribution in [2.24, 2.45) is 0 Å². The van der Waals surface area contributed by atoms with E-state index in [0.717, 1.165) is 57.5 Å². The zero-order valence-corrected chi connectivity index (χ0v) is 21.5. The van der Waals surface area contributed by atoms with E-state index in [2.05, 4.69) is 45.0 Å². The van der Waals surface area contributed by atoms with E-state index < -0.39 is 5.92 Å². The fraction of sp³-hybridized carbons (Fsp3) is 0.219. The molecule has 1 N–H and O–H groups in total. The van der Waals surface area contributed by atoms with E-state index in [1.54, 1.807) is 13.8 Å². The van der Waals surface area contributed by atoms with Gasteiger partial charge < -0.3 is 9.98 Å². The van der Waals surface area contributed by atoms with Gasteiger partial charge in [0.2, 0.25) is 0 Å². The van der Waals surface area contributed by atoms with Crippen molar-refractivity contribution in [1.82, 2.24) is 19.5 Å². The van der Waals surface area contributed by atoms with Crippen LogP contribution in [-0.2, 0) is 4.79 Å². The lowest BCUT2D eigenvalue weighted by Gasteiger charge is -2.21. The molecular weight excluding hydrogens is 470 g/mol. The highest BCUT2D eigenvalue weighted by atomic mass is 16.1. The number of nitrogens with zero attached hydrogens (tertiary/aromatic N) is 4. The standard InChI is InChI=1S/C32H29N5O/c1-20(33)30(21(2)38)24-13-14-26-27(25-17-35-32(36-18-25)23-11-12-23)19-37(29(26)16-24)31(22-8-4-3-5-9-22)28-10-6-7-15-34-28/h3-10,13-19,23,30-31,33H,11-12H2,1-2H3. The third kappa shape index (κ3) is 4.43. The Hall–Kier alpha value is -4.45. The van der Waals surface area contributed by atoms with Crippen molar-refractivity contribution in [2.75, 3.05) is 0 Å². The topological polar surface area (TPSA) is 84.5 Å². The number of fused-ring (bicyclic) bond motifs is 1. The van der Waals surface area contributed by atoms with Gasteiger partial charge in [0.15, 0.2) is 0 Å². The SMILES string of the molecule is CC(=N)C(C(C)=O)c1ccc2c(-c3cnc(C4CC4)nc3)cn(C(c3ccccc3)c3ccccn3)c2c1. The van der Waals surface area contributed by atoms with Crippen molar-refractivity contribution < 1.29 is 4.79 Å². The summed E-state index contributed by atoms with van der Waals surface area (Å²) in [6.07, 6.45) is 10.1. The van der Waals surface area contributed by atoms with Crippen LogP contribution in [-0.4, -0.2) is 31.0 Å². The van der Waals surface area contributed by atoms with Gasteiger partial charge in [-0.2, -0.15) is 0 Å². The number of rotatable bonds is 8. The van der Waals surface area contributed by atoms with Crippen LogP contribution < -0.4 is 0 Å². The minimum absolute atomic E-state index is 0.0384. The Morgan fingerprint density at radius 1 is 0.921 bits per heavy atom. The fourth-order valence-corrected chi connectivity index (χ4v) is 5.36. The summed E-state index contributed by atoms with van der Waals surface area (Å²) in [5.41, 5.74) is 6.11. The highest BCUT2D eigenvalue weighted by Gasteiger charge is 2.27. The van der Waals surface area contributed by atoms with Gasteiger partial charge in [-0.1, -0.05) is 48.5 Å². The first kappa shape index (κ1) is 23.9. The molecule has 5 aromatic rings. The lowest BCUT2D eigenvalue weighted by Crippen LogP contribution is -2.17. The molecule has 6 nitrogen and oxygen atoms in total. The third-order valence-electron chi connectivity index (χ3n) is 7.32. The van der Waals surface area contributed by atoms with Gasteiger partial charge in [0, 0.05) is 58.4 Å². The van der Waals surface area contributed by atoms with Crippen molar-refractivity contribution in [2.45, 2.75) is 44.6 Å². The molecule has 2 atom stereocenters. The van der Waals surface area contributed by atoms with Crippen LogP contribution in [0.25, 0.3) is 22.0 Å². The Labute approximate surface area is 221 Å². The van der Waals surface area contributed by atoms with Crippen LogP contribution in [0.2, 0.25) is 0 Å². The molecule has 0 aliphatic heterocycles. The summed E-state index contributed by atoms with van der Waals surface area (Å²) in [7, 11) is 0. The summed E-state index contributed by atoms with van der Waals surface area (Å²) in [6, 6.07) is 22.2. The van der Waals surface area contributed by atoms with Gasteiger partial charge in [-0.3, -0.25) is 9.78 Å². The fourth-order valence-electron chi connectivity index (χ4n) is 5.36. The molecule has 0 bridgehead atoms. The second kappa shape index (κ2) is 9.78. The maximum atomic E-state index is 12.5. The number of hydrogen-bond donors (Lipinski definition) is 1. The predicted octanol–water partition coefficient (Wildman–Crippen LogP) is 6.72. The van der Waals surface area contributed by atoms with E-state index in [4.69, 9.17) is 10.4 Å². The van der Waals surface area contributed by atoms with E-state index in [0.29, 0.717) is 11.6 Å². The zero-order chi connectivity index (χ0) is 26.2. The molecule has 38 heavy (non-hydrogen) atoms. The number of ketones is 1. The van der Waals surface area contributed by atoms with Crippen LogP contribution in [0.4, 0.5) is 0 Å². The van der Waals surface area contributed by atoms with Gasteiger partial charge >= 0.3 is 0 Å². The van der Waals surface area contributed by atoms with Crippen LogP contribution in [0.15, 0.2) is 91.5 Å². The molecular formula is C32H29N5O. The second-order valence-electron chi connectivity index (χ2n) is 10.1. The summed E-state index contributed by atoms with van der Waals surface area (Å²) in [4.78, 5) is 26.6. The highest BCUT2D eigenvalue weighted by molar-refractivity contribution is 6.08. The molecule has 0 spiro atoms. The molecule has 3 aromatic heterocycles. The number of benzene rings is 2. The van der Waals surface area contributed by atoms with E-state index in [9.17, 15) is 4.79 Å². The van der Waals surface area contributed by atoms with Crippen molar-refractivity contribution in [1.29, 1.82) is 5.41 Å². The number of pyridine rings is 1. The Kier molecular flexibility index (Phi) is 6.16. The Morgan fingerprint density at radius 3 is 2.29 bits per heavy atom. The molecule has 2 aromatic carbocycles. The summed E-state index contributed by atoms with van der Waals surface area (Å²) in [6.45, 7) is 3.25. The molecule has 1 aliphatic rings. The molecule has 1 saturated carbocycles. The molecule has 3 heterocycles. The third-order valence-corrected chi connectivity index (χ3v) is 7.32. The molecule has 0 amide bonds. The zero-order valence-electron chi connectivity index (χ0n) is 21.5. The summed E-state index contributed by atoms with van der Waals surface area (Å²) in [5, 5.41) is 9.32. The average Bonchev–Trinajstić information content (AvgIpc) is 3.72. The highest BCUT2D eigenvalue weighted by Crippen LogP contribution is 2.40.